The molecule has 0 unspecified atom stereocenters. The topological polar surface area (TPSA) is 46.2 Å². The van der Waals surface area contributed by atoms with Crippen LogP contribution in [0.1, 0.15) is 24.9 Å². The fourth-order valence-corrected chi connectivity index (χ4v) is 3.93. The third-order valence-electron chi connectivity index (χ3n) is 2.85. The Morgan fingerprint density at radius 3 is 2.60 bits per heavy atom. The summed E-state index contributed by atoms with van der Waals surface area (Å²) < 4.78 is 74.4. The van der Waals surface area contributed by atoms with Gasteiger partial charge in [0.15, 0.2) is 0 Å². The molecule has 0 aromatic heterocycles. The van der Waals surface area contributed by atoms with Crippen LogP contribution in [0, 0.1) is 5.82 Å². The molecular formula is C11H11F4NO2S2. The molecule has 112 valence electrons. The van der Waals surface area contributed by atoms with E-state index in [0.717, 1.165) is 6.07 Å². The molecule has 0 saturated heterocycles. The highest BCUT2D eigenvalue weighted by molar-refractivity contribution is 8.00. The summed E-state index contributed by atoms with van der Waals surface area (Å²) in [5, 5.41) is -0.0751. The molecule has 0 radical (unpaired) electrons. The van der Waals surface area contributed by atoms with Crippen LogP contribution in [0.4, 0.5) is 17.6 Å². The molecule has 0 amide bonds. The maximum atomic E-state index is 13.2. The monoisotopic (exact) mass is 329 g/mol. The van der Waals surface area contributed by atoms with Crippen molar-refractivity contribution < 1.29 is 26.0 Å². The molecule has 0 fully saturated rings. The van der Waals surface area contributed by atoms with E-state index >= 15 is 0 Å². The van der Waals surface area contributed by atoms with Gasteiger partial charge in [-0.1, -0.05) is 6.92 Å². The zero-order valence-electron chi connectivity index (χ0n) is 10.2. The Balaban J connectivity index is 2.37. The minimum absolute atomic E-state index is 0.0751. The van der Waals surface area contributed by atoms with Gasteiger partial charge in [0.25, 0.3) is 0 Å². The molecule has 1 aliphatic rings. The molecule has 20 heavy (non-hydrogen) atoms. The third-order valence-corrected chi connectivity index (χ3v) is 5.27. The fraction of sp³-hybridized carbons (Fsp3) is 0.455. The number of halogens is 4. The molecule has 0 bridgehead atoms. The standard InChI is InChI=1S/C11H11F4NO2S2/c1-6-4-9(16-20(17,18)11(13,14)15)8-5-7(12)2-3-10(8)19-6/h2-3,5-6,9,16H,4H2,1H3/t6-,9+/m0/s1. The number of nitrogens with one attached hydrogen (secondary N) is 1. The third kappa shape index (κ3) is 3.09. The van der Waals surface area contributed by atoms with Gasteiger partial charge in [0.1, 0.15) is 5.82 Å². The summed E-state index contributed by atoms with van der Waals surface area (Å²) in [6.45, 7) is 1.77. The van der Waals surface area contributed by atoms with Crippen molar-refractivity contribution in [2.75, 3.05) is 0 Å². The molecule has 3 nitrogen and oxygen atoms in total. The highest BCUT2D eigenvalue weighted by Gasteiger charge is 2.47. The maximum Gasteiger partial charge on any atom is 0.511 e. The number of sulfonamides is 1. The van der Waals surface area contributed by atoms with Crippen molar-refractivity contribution in [3.63, 3.8) is 0 Å². The van der Waals surface area contributed by atoms with Crippen LogP contribution >= 0.6 is 11.8 Å². The zero-order valence-corrected chi connectivity index (χ0v) is 11.9. The van der Waals surface area contributed by atoms with Gasteiger partial charge in [-0.05, 0) is 30.2 Å². The summed E-state index contributed by atoms with van der Waals surface area (Å²) in [5.74, 6) is -0.616. The summed E-state index contributed by atoms with van der Waals surface area (Å²) in [7, 11) is -5.46. The summed E-state index contributed by atoms with van der Waals surface area (Å²) in [6, 6.07) is 2.63. The predicted molar refractivity (Wildman–Crippen MR) is 67.2 cm³/mol. The van der Waals surface area contributed by atoms with Gasteiger partial charge in [-0.2, -0.15) is 17.9 Å². The van der Waals surface area contributed by atoms with Crippen molar-refractivity contribution in [2.45, 2.75) is 35.0 Å². The molecule has 1 N–H and O–H groups in total. The first-order valence-electron chi connectivity index (χ1n) is 5.65. The first kappa shape index (κ1) is 15.6. The molecule has 1 aromatic carbocycles. The van der Waals surface area contributed by atoms with Gasteiger partial charge >= 0.3 is 15.5 Å². The second-order valence-corrected chi connectivity index (χ2v) is 7.65. The SMILES string of the molecule is C[C@H]1C[C@@H](NS(=O)(=O)C(F)(F)F)c2cc(F)ccc2S1. The van der Waals surface area contributed by atoms with E-state index in [9.17, 15) is 26.0 Å². The van der Waals surface area contributed by atoms with Crippen LogP contribution in [-0.4, -0.2) is 19.2 Å². The molecule has 1 aliphatic heterocycles. The second-order valence-electron chi connectivity index (χ2n) is 4.47. The largest absolute Gasteiger partial charge is 0.511 e. The van der Waals surface area contributed by atoms with E-state index in [1.807, 2.05) is 0 Å². The molecule has 0 spiro atoms. The van der Waals surface area contributed by atoms with Gasteiger partial charge < -0.3 is 0 Å². The zero-order chi connectivity index (χ0) is 15.1. The van der Waals surface area contributed by atoms with Crippen molar-refractivity contribution in [1.29, 1.82) is 0 Å². The van der Waals surface area contributed by atoms with Gasteiger partial charge in [0.05, 0.1) is 0 Å². The van der Waals surface area contributed by atoms with E-state index < -0.39 is 27.4 Å². The minimum Gasteiger partial charge on any atom is -0.207 e. The van der Waals surface area contributed by atoms with E-state index in [1.54, 1.807) is 11.6 Å². The Bertz CT molecular complexity index is 615. The Labute approximate surface area is 117 Å². The number of rotatable bonds is 2. The fourth-order valence-electron chi connectivity index (χ4n) is 1.99. The smallest absolute Gasteiger partial charge is 0.207 e. The predicted octanol–water partition coefficient (Wildman–Crippen LogP) is 3.19. The molecule has 1 heterocycles. The van der Waals surface area contributed by atoms with Gasteiger partial charge in [-0.15, -0.1) is 11.8 Å². The Morgan fingerprint density at radius 2 is 2.00 bits per heavy atom. The minimum atomic E-state index is -5.46. The lowest BCUT2D eigenvalue weighted by molar-refractivity contribution is -0.0451. The number of hydrogen-bond donors (Lipinski definition) is 1. The van der Waals surface area contributed by atoms with E-state index in [-0.39, 0.29) is 17.2 Å². The molecule has 0 aliphatic carbocycles. The number of thioether (sulfide) groups is 1. The number of alkyl halides is 3. The van der Waals surface area contributed by atoms with Gasteiger partial charge in [-0.3, -0.25) is 0 Å². The van der Waals surface area contributed by atoms with E-state index in [1.165, 1.54) is 23.9 Å². The first-order valence-corrected chi connectivity index (χ1v) is 8.01. The van der Waals surface area contributed by atoms with Gasteiger partial charge in [-0.25, -0.2) is 12.8 Å². The van der Waals surface area contributed by atoms with Crippen LogP contribution in [0.25, 0.3) is 0 Å². The summed E-state index contributed by atoms with van der Waals surface area (Å²) in [4.78, 5) is 0.583. The summed E-state index contributed by atoms with van der Waals surface area (Å²) in [5.41, 5.74) is -5.14. The average Bonchev–Trinajstić information content (AvgIpc) is 2.28. The van der Waals surface area contributed by atoms with Gasteiger partial charge in [0, 0.05) is 16.2 Å². The summed E-state index contributed by atoms with van der Waals surface area (Å²) in [6.07, 6.45) is 0.163. The summed E-state index contributed by atoms with van der Waals surface area (Å²) >= 11 is 1.38. The van der Waals surface area contributed by atoms with Crippen LogP contribution in [0.5, 0.6) is 0 Å². The number of hydrogen-bond acceptors (Lipinski definition) is 3. The molecule has 0 saturated carbocycles. The van der Waals surface area contributed by atoms with Crippen molar-refractivity contribution in [1.82, 2.24) is 4.72 Å². The average molecular weight is 329 g/mol. The Kier molecular flexibility index (Phi) is 4.05. The van der Waals surface area contributed by atoms with E-state index in [4.69, 9.17) is 0 Å². The van der Waals surface area contributed by atoms with Crippen LogP contribution in [0.15, 0.2) is 23.1 Å². The molecule has 9 heteroatoms. The van der Waals surface area contributed by atoms with Crippen LogP contribution in [0.2, 0.25) is 0 Å². The molecule has 2 rings (SSSR count). The van der Waals surface area contributed by atoms with E-state index in [0.29, 0.717) is 4.90 Å². The second kappa shape index (κ2) is 5.19. The Hall–Kier alpha value is -0.800. The van der Waals surface area contributed by atoms with Gasteiger partial charge in [0.2, 0.25) is 0 Å². The lowest BCUT2D eigenvalue weighted by Gasteiger charge is -2.29. The normalized spacial score (nSPS) is 23.4. The Morgan fingerprint density at radius 1 is 1.35 bits per heavy atom. The maximum absolute atomic E-state index is 13.2. The van der Waals surface area contributed by atoms with Crippen molar-refractivity contribution in [2.24, 2.45) is 0 Å². The number of benzene rings is 1. The van der Waals surface area contributed by atoms with Crippen molar-refractivity contribution in [3.05, 3.63) is 29.6 Å². The quantitative estimate of drug-likeness (QED) is 0.848. The molecular weight excluding hydrogens is 318 g/mol. The van der Waals surface area contributed by atoms with Crippen LogP contribution < -0.4 is 4.72 Å². The van der Waals surface area contributed by atoms with Crippen molar-refractivity contribution >= 4 is 21.8 Å². The number of fused-ring (bicyclic) bond motifs is 1. The lowest BCUT2D eigenvalue weighted by Crippen LogP contribution is -2.40. The molecule has 2 atom stereocenters. The highest BCUT2D eigenvalue weighted by Crippen LogP contribution is 2.41. The lowest BCUT2D eigenvalue weighted by atomic mass is 10.0. The first-order chi connectivity index (χ1) is 9.10. The van der Waals surface area contributed by atoms with Crippen LogP contribution in [0.3, 0.4) is 0 Å². The van der Waals surface area contributed by atoms with Crippen LogP contribution in [-0.2, 0) is 10.0 Å². The van der Waals surface area contributed by atoms with E-state index in [2.05, 4.69) is 0 Å². The molecule has 1 aromatic rings. The highest BCUT2D eigenvalue weighted by atomic mass is 32.2. The van der Waals surface area contributed by atoms with Crippen molar-refractivity contribution in [3.8, 4) is 0 Å².